The lowest BCUT2D eigenvalue weighted by Gasteiger charge is -2.21. The number of phenols is 1. The first-order valence-corrected chi connectivity index (χ1v) is 16.0. The van der Waals surface area contributed by atoms with Gasteiger partial charge in [0.05, 0.1) is 13.7 Å². The highest BCUT2D eigenvalue weighted by Crippen LogP contribution is 2.34. The van der Waals surface area contributed by atoms with E-state index in [-0.39, 0.29) is 23.9 Å². The zero-order chi connectivity index (χ0) is 32.9. The zero-order valence-electron chi connectivity index (χ0n) is 27.0. The predicted octanol–water partition coefficient (Wildman–Crippen LogP) is 7.20. The number of aryl methyl sites for hydroxylation is 2. The van der Waals surface area contributed by atoms with Gasteiger partial charge in [0.25, 0.3) is 0 Å². The molecule has 2 unspecified atom stereocenters. The van der Waals surface area contributed by atoms with Crippen molar-refractivity contribution in [3.63, 3.8) is 0 Å². The van der Waals surface area contributed by atoms with Crippen molar-refractivity contribution in [1.82, 2.24) is 4.98 Å². The van der Waals surface area contributed by atoms with Crippen LogP contribution < -0.4 is 15.2 Å². The van der Waals surface area contributed by atoms with Crippen LogP contribution >= 0.6 is 0 Å². The Morgan fingerprint density at radius 1 is 1.00 bits per heavy atom. The SMILES string of the molecule is CCC(CCC(CC(=O)CCc1ccc(Oc2cccc(O)c2)c(OC)c1)OC(C)=O)CC1=C(CCc2ccnc(N)c2)CN=C1. The Labute approximate surface area is 271 Å². The quantitative estimate of drug-likeness (QED) is 0.141. The fourth-order valence-corrected chi connectivity index (χ4v) is 5.73. The molecule has 2 atom stereocenters. The fraction of sp³-hybridized carbons (Fsp3) is 0.405. The number of nitrogens with two attached hydrogens (primary N) is 1. The number of Topliss-reactive ketones (excluding diaryl/α,β-unsaturated/α-hetero) is 1. The van der Waals surface area contributed by atoms with Gasteiger partial charge in [-0.3, -0.25) is 14.6 Å². The molecule has 0 saturated carbocycles. The van der Waals surface area contributed by atoms with Crippen LogP contribution in [0.3, 0.4) is 0 Å². The Kier molecular flexibility index (Phi) is 12.8. The Morgan fingerprint density at radius 3 is 2.57 bits per heavy atom. The number of nitrogens with zero attached hydrogens (tertiary/aromatic N) is 2. The standard InChI is InChI=1S/C37H45N3O6/c1-4-26(18-30-24-39-23-29(30)12-8-28-16-17-40-37(38)20-28)10-14-34(45-25(2)41)22-32(43)13-9-27-11-15-35(36(19-27)44-3)46-33-7-5-6-31(42)21-33/h5-7,11,15-17,19-21,24,26,34,42H,4,8-10,12-14,18,22-23H2,1-3H3,(H2,38,40). The first-order valence-electron chi connectivity index (χ1n) is 16.0. The Bertz CT molecular complexity index is 1550. The number of pyridine rings is 1. The van der Waals surface area contributed by atoms with Gasteiger partial charge in [-0.1, -0.05) is 25.5 Å². The van der Waals surface area contributed by atoms with Gasteiger partial charge in [0.15, 0.2) is 11.5 Å². The fourth-order valence-electron chi connectivity index (χ4n) is 5.73. The summed E-state index contributed by atoms with van der Waals surface area (Å²) in [6, 6.07) is 16.0. The van der Waals surface area contributed by atoms with Gasteiger partial charge >= 0.3 is 5.97 Å². The average molecular weight is 628 g/mol. The predicted molar refractivity (Wildman–Crippen MR) is 180 cm³/mol. The first-order chi connectivity index (χ1) is 22.2. The molecular formula is C37H45N3O6. The highest BCUT2D eigenvalue weighted by atomic mass is 16.5. The van der Waals surface area contributed by atoms with Crippen LogP contribution in [0.25, 0.3) is 0 Å². The molecule has 1 aliphatic heterocycles. The highest BCUT2D eigenvalue weighted by molar-refractivity contribution is 5.82. The third-order valence-corrected chi connectivity index (χ3v) is 8.28. The number of anilines is 1. The normalized spacial score (nSPS) is 13.8. The van der Waals surface area contributed by atoms with Crippen molar-refractivity contribution in [2.24, 2.45) is 10.9 Å². The number of hydrogen-bond donors (Lipinski definition) is 2. The van der Waals surface area contributed by atoms with E-state index in [4.69, 9.17) is 19.9 Å². The lowest BCUT2D eigenvalue weighted by atomic mass is 9.88. The van der Waals surface area contributed by atoms with Crippen molar-refractivity contribution in [3.8, 4) is 23.0 Å². The first kappa shape index (κ1) is 34.2. The van der Waals surface area contributed by atoms with Crippen LogP contribution in [0.5, 0.6) is 23.0 Å². The maximum absolute atomic E-state index is 13.0. The summed E-state index contributed by atoms with van der Waals surface area (Å²) in [7, 11) is 1.56. The molecule has 0 saturated heterocycles. The van der Waals surface area contributed by atoms with E-state index in [1.54, 1.807) is 37.6 Å². The topological polar surface area (TPSA) is 133 Å². The number of rotatable bonds is 18. The van der Waals surface area contributed by atoms with Gasteiger partial charge in [0, 0.05) is 38.2 Å². The molecule has 9 heteroatoms. The molecule has 1 aliphatic rings. The average Bonchev–Trinajstić information content (AvgIpc) is 3.48. The van der Waals surface area contributed by atoms with E-state index in [2.05, 4.69) is 16.9 Å². The molecule has 9 nitrogen and oxygen atoms in total. The van der Waals surface area contributed by atoms with Gasteiger partial charge in [-0.15, -0.1) is 0 Å². The largest absolute Gasteiger partial charge is 0.508 e. The van der Waals surface area contributed by atoms with Gasteiger partial charge in [0.1, 0.15) is 29.2 Å². The van der Waals surface area contributed by atoms with Crippen molar-refractivity contribution >= 4 is 23.8 Å². The maximum Gasteiger partial charge on any atom is 0.302 e. The van der Waals surface area contributed by atoms with E-state index < -0.39 is 6.10 Å². The monoisotopic (exact) mass is 627 g/mol. The number of benzene rings is 2. The molecule has 3 aromatic rings. The number of allylic oxidation sites excluding steroid dienone is 1. The zero-order valence-corrected chi connectivity index (χ0v) is 27.0. The number of carbonyl (C=O) groups is 2. The highest BCUT2D eigenvalue weighted by Gasteiger charge is 2.21. The van der Waals surface area contributed by atoms with Crippen LogP contribution in [0.1, 0.15) is 69.9 Å². The number of ketones is 1. The van der Waals surface area contributed by atoms with Crippen LogP contribution in [-0.4, -0.2) is 47.8 Å². The lowest BCUT2D eigenvalue weighted by Crippen LogP contribution is -2.22. The molecule has 0 spiro atoms. The van der Waals surface area contributed by atoms with E-state index in [0.29, 0.717) is 48.2 Å². The molecule has 2 aromatic carbocycles. The second kappa shape index (κ2) is 17.1. The van der Waals surface area contributed by atoms with E-state index in [9.17, 15) is 14.7 Å². The minimum absolute atomic E-state index is 0.0445. The number of esters is 1. The van der Waals surface area contributed by atoms with E-state index in [1.165, 1.54) is 29.7 Å². The van der Waals surface area contributed by atoms with Crippen molar-refractivity contribution in [2.45, 2.75) is 77.7 Å². The smallest absolute Gasteiger partial charge is 0.302 e. The summed E-state index contributed by atoms with van der Waals surface area (Å²) in [5, 5.41) is 9.71. The number of nitrogen functional groups attached to an aromatic ring is 1. The van der Waals surface area contributed by atoms with Crippen LogP contribution in [0.15, 0.2) is 76.9 Å². The number of methoxy groups -OCH3 is 1. The van der Waals surface area contributed by atoms with Crippen LogP contribution in [0.2, 0.25) is 0 Å². The van der Waals surface area contributed by atoms with Crippen molar-refractivity contribution in [1.29, 1.82) is 0 Å². The van der Waals surface area contributed by atoms with Gasteiger partial charge in [-0.05, 0) is 103 Å². The molecule has 0 amide bonds. The van der Waals surface area contributed by atoms with Crippen molar-refractivity contribution in [2.75, 3.05) is 19.4 Å². The molecule has 244 valence electrons. The van der Waals surface area contributed by atoms with Crippen LogP contribution in [0.4, 0.5) is 5.82 Å². The van der Waals surface area contributed by atoms with Gasteiger partial charge in [0.2, 0.25) is 0 Å². The molecule has 46 heavy (non-hydrogen) atoms. The van der Waals surface area contributed by atoms with Crippen molar-refractivity contribution < 1.29 is 28.9 Å². The number of hydrogen-bond acceptors (Lipinski definition) is 9. The number of aromatic nitrogens is 1. The minimum Gasteiger partial charge on any atom is -0.508 e. The van der Waals surface area contributed by atoms with Crippen LogP contribution in [-0.2, 0) is 27.2 Å². The molecule has 1 aromatic heterocycles. The van der Waals surface area contributed by atoms with Gasteiger partial charge < -0.3 is 25.1 Å². The number of aromatic hydroxyl groups is 1. The van der Waals surface area contributed by atoms with Crippen LogP contribution in [0, 0.1) is 5.92 Å². The molecule has 2 heterocycles. The number of ether oxygens (including phenoxy) is 3. The third-order valence-electron chi connectivity index (χ3n) is 8.28. The number of carbonyl (C=O) groups excluding carboxylic acids is 2. The summed E-state index contributed by atoms with van der Waals surface area (Å²) >= 11 is 0. The number of aliphatic imine (C=N–C) groups is 1. The molecule has 0 bridgehead atoms. The Balaban J connectivity index is 1.29. The molecule has 4 rings (SSSR count). The molecular weight excluding hydrogens is 582 g/mol. The molecule has 0 fully saturated rings. The summed E-state index contributed by atoms with van der Waals surface area (Å²) < 4.78 is 17.0. The minimum atomic E-state index is -0.450. The molecule has 0 aliphatic carbocycles. The van der Waals surface area contributed by atoms with E-state index in [1.807, 2.05) is 30.5 Å². The second-order valence-electron chi connectivity index (χ2n) is 11.8. The Morgan fingerprint density at radius 2 is 1.83 bits per heavy atom. The summed E-state index contributed by atoms with van der Waals surface area (Å²) in [6.07, 6.45) is 9.55. The van der Waals surface area contributed by atoms with E-state index in [0.717, 1.165) is 44.2 Å². The molecule has 0 radical (unpaired) electrons. The van der Waals surface area contributed by atoms with Gasteiger partial charge in [-0.2, -0.15) is 0 Å². The lowest BCUT2D eigenvalue weighted by molar-refractivity contribution is -0.148. The van der Waals surface area contributed by atoms with Gasteiger partial charge in [-0.25, -0.2) is 4.98 Å². The second-order valence-corrected chi connectivity index (χ2v) is 11.8. The maximum atomic E-state index is 13.0. The summed E-state index contributed by atoms with van der Waals surface area (Å²) in [4.78, 5) is 33.6. The molecule has 3 N–H and O–H groups in total. The Hall–Kier alpha value is -4.66. The van der Waals surface area contributed by atoms with Crippen molar-refractivity contribution in [3.05, 3.63) is 83.1 Å². The summed E-state index contributed by atoms with van der Waals surface area (Å²) in [6.45, 7) is 4.30. The number of phenolic OH excluding ortho intramolecular Hbond substituents is 1. The summed E-state index contributed by atoms with van der Waals surface area (Å²) in [5.41, 5.74) is 10.6. The van der Waals surface area contributed by atoms with E-state index >= 15 is 0 Å². The third kappa shape index (κ3) is 10.8. The summed E-state index contributed by atoms with van der Waals surface area (Å²) in [5.74, 6) is 2.24.